The molecule has 2 amide bonds. The van der Waals surface area contributed by atoms with Gasteiger partial charge in [0.2, 0.25) is 11.8 Å². The summed E-state index contributed by atoms with van der Waals surface area (Å²) in [6.07, 6.45) is 0.115. The summed E-state index contributed by atoms with van der Waals surface area (Å²) in [4.78, 5) is 23.3. The molecule has 0 spiro atoms. The quantitative estimate of drug-likeness (QED) is 0.817. The zero-order chi connectivity index (χ0) is 15.4. The lowest BCUT2D eigenvalue weighted by Gasteiger charge is -2.17. The van der Waals surface area contributed by atoms with Gasteiger partial charge < -0.3 is 20.5 Å². The first-order valence-electron chi connectivity index (χ1n) is 6.85. The summed E-state index contributed by atoms with van der Waals surface area (Å²) >= 11 is 0. The third-order valence-electron chi connectivity index (χ3n) is 3.62. The fourth-order valence-corrected chi connectivity index (χ4v) is 2.44. The van der Waals surface area contributed by atoms with Crippen LogP contribution >= 0.6 is 0 Å². The molecule has 1 aliphatic rings. The first-order valence-corrected chi connectivity index (χ1v) is 6.85. The molecule has 2 atom stereocenters. The van der Waals surface area contributed by atoms with Crippen LogP contribution in [0.15, 0.2) is 18.2 Å². The van der Waals surface area contributed by atoms with Crippen molar-refractivity contribution in [2.75, 3.05) is 13.7 Å². The second-order valence-electron chi connectivity index (χ2n) is 5.13. The first-order chi connectivity index (χ1) is 10.0. The topological polar surface area (TPSA) is 90.7 Å². The molecular weight excluding hydrogens is 272 g/mol. The Labute approximate surface area is 123 Å². The second kappa shape index (κ2) is 6.58. The van der Waals surface area contributed by atoms with Crippen molar-refractivity contribution >= 4 is 11.8 Å². The lowest BCUT2D eigenvalue weighted by molar-refractivity contribution is -0.128. The minimum atomic E-state index is -0.731. The molecule has 1 aromatic carbocycles. The Balaban J connectivity index is 1.97. The lowest BCUT2D eigenvalue weighted by Crippen LogP contribution is -2.47. The average Bonchev–Trinajstić information content (AvgIpc) is 2.89. The molecule has 0 bridgehead atoms. The Morgan fingerprint density at radius 1 is 1.48 bits per heavy atom. The van der Waals surface area contributed by atoms with Crippen molar-refractivity contribution in [3.8, 4) is 5.75 Å². The van der Waals surface area contributed by atoms with Crippen LogP contribution in [0.25, 0.3) is 0 Å². The molecule has 2 rings (SSSR count). The predicted molar refractivity (Wildman–Crippen MR) is 76.9 cm³/mol. The van der Waals surface area contributed by atoms with Gasteiger partial charge in [0.05, 0.1) is 19.6 Å². The predicted octanol–water partition coefficient (Wildman–Crippen LogP) is 0.305. The van der Waals surface area contributed by atoms with E-state index < -0.39 is 12.0 Å². The lowest BCUT2D eigenvalue weighted by atomic mass is 10.0. The van der Waals surface area contributed by atoms with Gasteiger partial charge in [0.15, 0.2) is 6.10 Å². The largest absolute Gasteiger partial charge is 0.497 e. The van der Waals surface area contributed by atoms with Crippen molar-refractivity contribution < 1.29 is 19.1 Å². The zero-order valence-electron chi connectivity index (χ0n) is 12.2. The Morgan fingerprint density at radius 3 is 2.86 bits per heavy atom. The second-order valence-corrected chi connectivity index (χ2v) is 5.13. The highest BCUT2D eigenvalue weighted by Crippen LogP contribution is 2.18. The number of hydrogen-bond acceptors (Lipinski definition) is 4. The molecule has 1 aliphatic heterocycles. The van der Waals surface area contributed by atoms with Gasteiger partial charge in [0.25, 0.3) is 0 Å². The van der Waals surface area contributed by atoms with Crippen LogP contribution in [0.3, 0.4) is 0 Å². The van der Waals surface area contributed by atoms with E-state index in [9.17, 15) is 9.59 Å². The number of carbonyl (C=O) groups excluding carboxylic acids is 2. The number of carbonyl (C=O) groups is 2. The molecule has 114 valence electrons. The van der Waals surface area contributed by atoms with Gasteiger partial charge in [-0.3, -0.25) is 9.59 Å². The van der Waals surface area contributed by atoms with Crippen LogP contribution in [0, 0.1) is 6.92 Å². The van der Waals surface area contributed by atoms with Crippen molar-refractivity contribution in [2.45, 2.75) is 31.9 Å². The summed E-state index contributed by atoms with van der Waals surface area (Å²) in [5, 5.41) is 2.82. The Morgan fingerprint density at radius 2 is 2.24 bits per heavy atom. The van der Waals surface area contributed by atoms with E-state index in [4.69, 9.17) is 15.2 Å². The minimum Gasteiger partial charge on any atom is -0.497 e. The molecule has 0 saturated carbocycles. The van der Waals surface area contributed by atoms with E-state index in [2.05, 4.69) is 5.32 Å². The third kappa shape index (κ3) is 3.72. The van der Waals surface area contributed by atoms with Crippen LogP contribution in [-0.4, -0.2) is 37.7 Å². The van der Waals surface area contributed by atoms with E-state index in [1.54, 1.807) is 7.11 Å². The molecule has 6 heteroatoms. The van der Waals surface area contributed by atoms with Crippen molar-refractivity contribution in [1.29, 1.82) is 0 Å². The number of nitrogens with one attached hydrogen (secondary N) is 1. The Kier molecular flexibility index (Phi) is 4.80. The molecule has 0 aromatic heterocycles. The highest BCUT2D eigenvalue weighted by Gasteiger charge is 2.33. The maximum atomic E-state index is 12.1. The third-order valence-corrected chi connectivity index (χ3v) is 3.62. The van der Waals surface area contributed by atoms with E-state index >= 15 is 0 Å². The summed E-state index contributed by atoms with van der Waals surface area (Å²) in [6, 6.07) is 5.23. The molecule has 0 aliphatic carbocycles. The molecular formula is C15H20N2O4. The summed E-state index contributed by atoms with van der Waals surface area (Å²) < 4.78 is 10.4. The number of rotatable bonds is 5. The molecule has 0 radical (unpaired) electrons. The van der Waals surface area contributed by atoms with E-state index in [1.807, 2.05) is 25.1 Å². The van der Waals surface area contributed by atoms with Gasteiger partial charge in [-0.15, -0.1) is 0 Å². The SMILES string of the molecule is COc1ccc(CC(=O)N[C@@H]2CCO[C@@H]2C(N)=O)c(C)c1. The van der Waals surface area contributed by atoms with Crippen molar-refractivity contribution in [1.82, 2.24) is 5.32 Å². The molecule has 1 fully saturated rings. The summed E-state index contributed by atoms with van der Waals surface area (Å²) in [5.74, 6) is 0.0677. The van der Waals surface area contributed by atoms with E-state index in [-0.39, 0.29) is 18.4 Å². The fourth-order valence-electron chi connectivity index (χ4n) is 2.44. The van der Waals surface area contributed by atoms with Gasteiger partial charge in [-0.05, 0) is 36.6 Å². The van der Waals surface area contributed by atoms with E-state index in [0.29, 0.717) is 13.0 Å². The van der Waals surface area contributed by atoms with Crippen LogP contribution in [0.2, 0.25) is 0 Å². The first kappa shape index (κ1) is 15.3. The normalized spacial score (nSPS) is 21.0. The number of hydrogen-bond donors (Lipinski definition) is 2. The molecule has 1 heterocycles. The van der Waals surface area contributed by atoms with E-state index in [0.717, 1.165) is 16.9 Å². The molecule has 0 unspecified atom stereocenters. The van der Waals surface area contributed by atoms with Crippen LogP contribution in [0.1, 0.15) is 17.5 Å². The van der Waals surface area contributed by atoms with Gasteiger partial charge in [0.1, 0.15) is 5.75 Å². The summed E-state index contributed by atoms with van der Waals surface area (Å²) in [6.45, 7) is 2.36. The van der Waals surface area contributed by atoms with Gasteiger partial charge in [-0.1, -0.05) is 6.07 Å². The van der Waals surface area contributed by atoms with Gasteiger partial charge in [-0.25, -0.2) is 0 Å². The number of ether oxygens (including phenoxy) is 2. The number of amides is 2. The standard InChI is InChI=1S/C15H20N2O4/c1-9-7-11(20-2)4-3-10(9)8-13(18)17-12-5-6-21-14(12)15(16)19/h3-4,7,12,14H,5-6,8H2,1-2H3,(H2,16,19)(H,17,18)/t12-,14+/m1/s1. The number of methoxy groups -OCH3 is 1. The number of aryl methyl sites for hydroxylation is 1. The fraction of sp³-hybridized carbons (Fsp3) is 0.467. The Bertz CT molecular complexity index is 544. The van der Waals surface area contributed by atoms with Gasteiger partial charge in [0, 0.05) is 6.61 Å². The highest BCUT2D eigenvalue weighted by molar-refractivity contribution is 5.83. The van der Waals surface area contributed by atoms with E-state index in [1.165, 1.54) is 0 Å². The molecule has 1 saturated heterocycles. The smallest absolute Gasteiger partial charge is 0.248 e. The van der Waals surface area contributed by atoms with Crippen molar-refractivity contribution in [3.05, 3.63) is 29.3 Å². The van der Waals surface area contributed by atoms with Crippen LogP contribution in [0.4, 0.5) is 0 Å². The van der Waals surface area contributed by atoms with Crippen LogP contribution in [0.5, 0.6) is 5.75 Å². The van der Waals surface area contributed by atoms with Crippen LogP contribution < -0.4 is 15.8 Å². The average molecular weight is 292 g/mol. The van der Waals surface area contributed by atoms with Crippen molar-refractivity contribution in [2.24, 2.45) is 5.73 Å². The maximum absolute atomic E-state index is 12.1. The molecule has 1 aromatic rings. The number of nitrogens with two attached hydrogens (primary N) is 1. The van der Waals surface area contributed by atoms with Crippen molar-refractivity contribution in [3.63, 3.8) is 0 Å². The van der Waals surface area contributed by atoms with Crippen LogP contribution in [-0.2, 0) is 20.7 Å². The zero-order valence-corrected chi connectivity index (χ0v) is 12.2. The highest BCUT2D eigenvalue weighted by atomic mass is 16.5. The molecule has 3 N–H and O–H groups in total. The summed E-state index contributed by atoms with van der Waals surface area (Å²) in [5.41, 5.74) is 7.15. The number of primary amides is 1. The molecule has 21 heavy (non-hydrogen) atoms. The molecule has 6 nitrogen and oxygen atoms in total. The summed E-state index contributed by atoms with van der Waals surface area (Å²) in [7, 11) is 1.60. The number of benzene rings is 1. The minimum absolute atomic E-state index is 0.148. The van der Waals surface area contributed by atoms with Gasteiger partial charge in [-0.2, -0.15) is 0 Å². The maximum Gasteiger partial charge on any atom is 0.248 e. The monoisotopic (exact) mass is 292 g/mol. The van der Waals surface area contributed by atoms with Gasteiger partial charge >= 0.3 is 0 Å². The Hall–Kier alpha value is -2.08.